The molecule has 2 aliphatic rings. The second-order valence-corrected chi connectivity index (χ2v) is 10.1. The minimum absolute atomic E-state index is 0.288. The molecule has 3 unspecified atom stereocenters. The Hall–Kier alpha value is -2.99. The normalized spacial score (nSPS) is 21.4. The zero-order valence-electron chi connectivity index (χ0n) is 18.2. The summed E-state index contributed by atoms with van der Waals surface area (Å²) in [7, 11) is -3.77. The van der Waals surface area contributed by atoms with Crippen molar-refractivity contribution in [1.29, 1.82) is 0 Å². The lowest BCUT2D eigenvalue weighted by Gasteiger charge is -2.36. The van der Waals surface area contributed by atoms with Crippen LogP contribution in [-0.4, -0.2) is 81.3 Å². The van der Waals surface area contributed by atoms with E-state index in [0.717, 1.165) is 6.92 Å². The van der Waals surface area contributed by atoms with E-state index >= 15 is 0 Å². The van der Waals surface area contributed by atoms with Gasteiger partial charge in [-0.15, -0.1) is 0 Å². The van der Waals surface area contributed by atoms with E-state index < -0.39 is 51.6 Å². The molecule has 0 aromatic heterocycles. The number of carbonyl (C=O) groups excluding carboxylic acids is 4. The molecule has 2 saturated heterocycles. The van der Waals surface area contributed by atoms with Gasteiger partial charge >= 0.3 is 5.97 Å². The molecule has 0 bridgehead atoms. The second-order valence-electron chi connectivity index (χ2n) is 7.96. The fourth-order valence-electron chi connectivity index (χ4n) is 3.62. The van der Waals surface area contributed by atoms with Crippen LogP contribution in [0.5, 0.6) is 0 Å². The minimum atomic E-state index is -3.77. The van der Waals surface area contributed by atoms with Crippen LogP contribution >= 0.6 is 0 Å². The zero-order valence-corrected chi connectivity index (χ0v) is 19.0. The average Bonchev–Trinajstić information content (AvgIpc) is 2.77. The number of esters is 1. The van der Waals surface area contributed by atoms with Gasteiger partial charge in [-0.05, 0) is 5.56 Å². The van der Waals surface area contributed by atoms with Crippen molar-refractivity contribution in [2.45, 2.75) is 31.4 Å². The van der Waals surface area contributed by atoms with Crippen LogP contribution in [0.2, 0.25) is 0 Å². The highest BCUT2D eigenvalue weighted by Gasteiger charge is 2.44. The maximum absolute atomic E-state index is 13.0. The highest BCUT2D eigenvalue weighted by atomic mass is 32.2. The van der Waals surface area contributed by atoms with Crippen molar-refractivity contribution in [2.24, 2.45) is 5.92 Å². The van der Waals surface area contributed by atoms with Crippen molar-refractivity contribution < 1.29 is 37.1 Å². The maximum atomic E-state index is 13.0. The molecular weight excluding hydrogens is 454 g/mol. The number of morpholine rings is 1. The van der Waals surface area contributed by atoms with Crippen molar-refractivity contribution >= 4 is 33.5 Å². The van der Waals surface area contributed by atoms with Crippen molar-refractivity contribution in [3.63, 3.8) is 0 Å². The van der Waals surface area contributed by atoms with Gasteiger partial charge in [-0.2, -0.15) is 0 Å². The number of nitrogens with one attached hydrogen (secondary N) is 2. The molecule has 2 heterocycles. The average molecular weight is 482 g/mol. The summed E-state index contributed by atoms with van der Waals surface area (Å²) in [4.78, 5) is 50.3. The molecule has 3 amide bonds. The fraction of sp³-hybridized carbons (Fsp3) is 0.524. The van der Waals surface area contributed by atoms with E-state index in [4.69, 9.17) is 9.47 Å². The Morgan fingerprint density at radius 2 is 1.88 bits per heavy atom. The molecular formula is C21H27N3O8S. The van der Waals surface area contributed by atoms with Gasteiger partial charge in [0.15, 0.2) is 15.9 Å². The predicted molar refractivity (Wildman–Crippen MR) is 115 cm³/mol. The molecule has 1 aromatic carbocycles. The smallest absolute Gasteiger partial charge is 0.304 e. The van der Waals surface area contributed by atoms with Gasteiger partial charge < -0.3 is 25.0 Å². The Morgan fingerprint density at radius 3 is 2.48 bits per heavy atom. The van der Waals surface area contributed by atoms with Gasteiger partial charge in [-0.1, -0.05) is 30.3 Å². The standard InChI is InChI=1S/C21H27N3O8S/c1-14(25)32-21-18(20(28)23-21)22-19(27)16(11-17(26)24-7-9-31-10-8-24)13-33(29,30)12-15-5-3-2-4-6-15/h2-6,16,18,21H,7-13H2,1H3,(H,22,27)(H,23,28). The summed E-state index contributed by atoms with van der Waals surface area (Å²) in [6, 6.07) is 7.35. The molecule has 2 N–H and O–H groups in total. The molecule has 180 valence electrons. The SMILES string of the molecule is CC(=O)OC1NC(=O)C1NC(=O)C(CC(=O)N1CCOCC1)CS(=O)(=O)Cc1ccccc1. The topological polar surface area (TPSA) is 148 Å². The molecule has 11 nitrogen and oxygen atoms in total. The van der Waals surface area contributed by atoms with E-state index in [-0.39, 0.29) is 18.1 Å². The molecule has 2 fully saturated rings. The van der Waals surface area contributed by atoms with Gasteiger partial charge in [0.1, 0.15) is 0 Å². The van der Waals surface area contributed by atoms with Gasteiger partial charge in [-0.3, -0.25) is 19.2 Å². The summed E-state index contributed by atoms with van der Waals surface area (Å²) in [5.41, 5.74) is 0.560. The van der Waals surface area contributed by atoms with E-state index in [2.05, 4.69) is 10.6 Å². The third kappa shape index (κ3) is 6.99. The monoisotopic (exact) mass is 481 g/mol. The quantitative estimate of drug-likeness (QED) is 0.336. The highest BCUT2D eigenvalue weighted by Crippen LogP contribution is 2.17. The largest absolute Gasteiger partial charge is 0.439 e. The first kappa shape index (κ1) is 24.6. The molecule has 2 aliphatic heterocycles. The molecule has 1 aromatic rings. The first-order chi connectivity index (χ1) is 15.6. The van der Waals surface area contributed by atoms with E-state index in [9.17, 15) is 27.6 Å². The Bertz CT molecular complexity index is 992. The number of rotatable bonds is 9. The minimum Gasteiger partial charge on any atom is -0.439 e. The number of nitrogens with zero attached hydrogens (tertiary/aromatic N) is 1. The number of carbonyl (C=O) groups is 4. The van der Waals surface area contributed by atoms with Crippen molar-refractivity contribution in [2.75, 3.05) is 32.1 Å². The Kier molecular flexibility index (Phi) is 8.03. The van der Waals surface area contributed by atoms with Gasteiger partial charge in [0.25, 0.3) is 5.91 Å². The number of amides is 3. The lowest BCUT2D eigenvalue weighted by atomic mass is 10.0. The summed E-state index contributed by atoms with van der Waals surface area (Å²) in [5, 5.41) is 4.77. The summed E-state index contributed by atoms with van der Waals surface area (Å²) < 4.78 is 35.8. The van der Waals surface area contributed by atoms with Crippen molar-refractivity contribution in [1.82, 2.24) is 15.5 Å². The van der Waals surface area contributed by atoms with Crippen molar-refractivity contribution in [3.8, 4) is 0 Å². The van der Waals surface area contributed by atoms with Gasteiger partial charge in [0.2, 0.25) is 18.0 Å². The van der Waals surface area contributed by atoms with E-state index in [1.165, 1.54) is 4.90 Å². The van der Waals surface area contributed by atoms with Crippen LogP contribution in [0.1, 0.15) is 18.9 Å². The van der Waals surface area contributed by atoms with Crippen LogP contribution in [0.25, 0.3) is 0 Å². The fourth-order valence-corrected chi connectivity index (χ4v) is 5.32. The summed E-state index contributed by atoms with van der Waals surface area (Å²) in [6.07, 6.45) is -1.39. The van der Waals surface area contributed by atoms with E-state index in [1.807, 2.05) is 0 Å². The molecule has 0 saturated carbocycles. The zero-order chi connectivity index (χ0) is 24.0. The lowest BCUT2D eigenvalue weighted by Crippen LogP contribution is -2.70. The van der Waals surface area contributed by atoms with Gasteiger partial charge in [-0.25, -0.2) is 8.42 Å². The second kappa shape index (κ2) is 10.8. The molecule has 0 spiro atoms. The van der Waals surface area contributed by atoms with Crippen LogP contribution in [-0.2, 0) is 44.2 Å². The Labute approximate surface area is 191 Å². The van der Waals surface area contributed by atoms with Crippen LogP contribution in [0.4, 0.5) is 0 Å². The number of β-lactam (4-membered cyclic amide) rings is 1. The third-order valence-electron chi connectivity index (χ3n) is 5.30. The number of ether oxygens (including phenoxy) is 2. The van der Waals surface area contributed by atoms with E-state index in [0.29, 0.717) is 31.9 Å². The summed E-state index contributed by atoms with van der Waals surface area (Å²) in [6.45, 7) is 2.58. The number of benzene rings is 1. The first-order valence-corrected chi connectivity index (χ1v) is 12.3. The first-order valence-electron chi connectivity index (χ1n) is 10.5. The van der Waals surface area contributed by atoms with Gasteiger partial charge in [0.05, 0.1) is 30.6 Å². The van der Waals surface area contributed by atoms with Crippen molar-refractivity contribution in [3.05, 3.63) is 35.9 Å². The molecule has 0 radical (unpaired) electrons. The molecule has 12 heteroatoms. The third-order valence-corrected chi connectivity index (χ3v) is 6.98. The highest BCUT2D eigenvalue weighted by molar-refractivity contribution is 7.90. The van der Waals surface area contributed by atoms with Gasteiger partial charge in [0, 0.05) is 26.4 Å². The molecule has 0 aliphatic carbocycles. The summed E-state index contributed by atoms with van der Waals surface area (Å²) in [5.74, 6) is -4.45. The Morgan fingerprint density at radius 1 is 1.21 bits per heavy atom. The molecule has 3 rings (SSSR count). The van der Waals surface area contributed by atoms with Crippen LogP contribution < -0.4 is 10.6 Å². The van der Waals surface area contributed by atoms with E-state index in [1.54, 1.807) is 30.3 Å². The maximum Gasteiger partial charge on any atom is 0.304 e. The molecule has 33 heavy (non-hydrogen) atoms. The predicted octanol–water partition coefficient (Wildman–Crippen LogP) is -1.03. The lowest BCUT2D eigenvalue weighted by molar-refractivity contribution is -0.164. The number of hydrogen-bond donors (Lipinski definition) is 2. The number of hydrogen-bond acceptors (Lipinski definition) is 8. The Balaban J connectivity index is 1.72. The van der Waals surface area contributed by atoms with Crippen LogP contribution in [0.15, 0.2) is 30.3 Å². The molecule has 3 atom stereocenters. The van der Waals surface area contributed by atoms with Crippen LogP contribution in [0.3, 0.4) is 0 Å². The van der Waals surface area contributed by atoms with Crippen LogP contribution in [0, 0.1) is 5.92 Å². The number of sulfone groups is 1. The summed E-state index contributed by atoms with van der Waals surface area (Å²) >= 11 is 0.